The summed E-state index contributed by atoms with van der Waals surface area (Å²) in [5.74, 6) is 2.51. The van der Waals surface area contributed by atoms with Crippen LogP contribution in [0.5, 0.6) is 0 Å². The van der Waals surface area contributed by atoms with E-state index in [1.54, 1.807) is 67.8 Å². The van der Waals surface area contributed by atoms with Gasteiger partial charge in [-0.15, -0.1) is 20.5 Å². The van der Waals surface area contributed by atoms with E-state index in [0.29, 0.717) is 46.0 Å². The van der Waals surface area contributed by atoms with Crippen molar-refractivity contribution in [3.05, 3.63) is 108 Å². The average molecular weight is 797 g/mol. The molecule has 0 aromatic carbocycles. The molecule has 22 nitrogen and oxygen atoms in total. The van der Waals surface area contributed by atoms with E-state index in [0.717, 1.165) is 0 Å². The molecule has 6 rings (SSSR count). The van der Waals surface area contributed by atoms with Crippen LogP contribution in [-0.4, -0.2) is 69.5 Å². The first-order chi connectivity index (χ1) is 23.6. The van der Waals surface area contributed by atoms with Crippen molar-refractivity contribution in [2.45, 2.75) is 26.4 Å². The van der Waals surface area contributed by atoms with Crippen molar-refractivity contribution in [1.82, 2.24) is 49.1 Å². The molecule has 0 aliphatic rings. The van der Waals surface area contributed by atoms with Gasteiger partial charge in [-0.2, -0.15) is 20.4 Å². The zero-order chi connectivity index (χ0) is 36.9. The third kappa shape index (κ3) is 15.3. The summed E-state index contributed by atoms with van der Waals surface area (Å²) in [6, 6.07) is 17.9. The molecule has 0 bridgehead atoms. The first kappa shape index (κ1) is 42.9. The van der Waals surface area contributed by atoms with Crippen molar-refractivity contribution in [2.75, 3.05) is 0 Å². The smallest absolute Gasteiger partial charge is 0.390 e. The van der Waals surface area contributed by atoms with Crippen LogP contribution in [0.25, 0.3) is 23.3 Å². The maximum Gasteiger partial charge on any atom is 2.00 e. The molecule has 6 heterocycles. The summed E-state index contributed by atoms with van der Waals surface area (Å²) in [7, 11) is -9.89. The van der Waals surface area contributed by atoms with Crippen molar-refractivity contribution in [3.63, 3.8) is 0 Å². The summed E-state index contributed by atoms with van der Waals surface area (Å²) in [4.78, 5) is 8.89. The SMILES string of the molecule is OCc1ccn(-c2cccc(-n3ccc(CO)n3)n2)n1.OCc1ccn(-c2cccc(-n3ccc(CO)n3)n2)n1.[Fe+2].[O-][Cl+3]([O-])([O-])[O-].[O-][Cl+3]([O-])([O-])[O-]. The van der Waals surface area contributed by atoms with Crippen LogP contribution in [0.1, 0.15) is 22.8 Å². The second-order valence-corrected chi connectivity index (χ2v) is 10.6. The van der Waals surface area contributed by atoms with E-state index in [2.05, 4.69) is 30.4 Å². The first-order valence-electron chi connectivity index (χ1n) is 13.4. The van der Waals surface area contributed by atoms with Crippen LogP contribution in [0.3, 0.4) is 0 Å². The van der Waals surface area contributed by atoms with Crippen LogP contribution in [0.15, 0.2) is 85.5 Å². The fraction of sp³-hybridized carbons (Fsp3) is 0.154. The van der Waals surface area contributed by atoms with Gasteiger partial charge in [0.15, 0.2) is 23.3 Å². The minimum Gasteiger partial charge on any atom is -0.390 e. The quantitative estimate of drug-likeness (QED) is 0.104. The predicted octanol–water partition coefficient (Wildman–Crippen LogP) is -8.64. The van der Waals surface area contributed by atoms with Crippen LogP contribution in [-0.2, 0) is 43.5 Å². The molecule has 274 valence electrons. The van der Waals surface area contributed by atoms with E-state index in [1.807, 2.05) is 36.4 Å². The Hall–Kier alpha value is -4.24. The number of pyridine rings is 2. The molecular weight excluding hydrogens is 771 g/mol. The van der Waals surface area contributed by atoms with Gasteiger partial charge in [-0.25, -0.2) is 66.0 Å². The fourth-order valence-electron chi connectivity index (χ4n) is 3.63. The monoisotopic (exact) mass is 796 g/mol. The molecule has 0 saturated carbocycles. The summed E-state index contributed by atoms with van der Waals surface area (Å²) in [6.45, 7) is -0.422. The summed E-state index contributed by atoms with van der Waals surface area (Å²) in [5, 5.41) is 52.9. The normalized spacial score (nSPS) is 10.9. The van der Waals surface area contributed by atoms with Gasteiger partial charge in [0.1, 0.15) is 0 Å². The maximum absolute atomic E-state index is 9.03. The van der Waals surface area contributed by atoms with Gasteiger partial charge in [0.05, 0.1) is 49.2 Å². The Balaban J connectivity index is 0.000000276. The number of aliphatic hydroxyl groups is 4. The summed E-state index contributed by atoms with van der Waals surface area (Å²) in [5.41, 5.74) is 2.33. The Morgan fingerprint density at radius 3 is 0.765 bits per heavy atom. The molecule has 51 heavy (non-hydrogen) atoms. The minimum absolute atomic E-state index is 0. The summed E-state index contributed by atoms with van der Waals surface area (Å²) in [6.07, 6.45) is 6.94. The van der Waals surface area contributed by atoms with Crippen LogP contribution >= 0.6 is 0 Å². The van der Waals surface area contributed by atoms with Crippen LogP contribution in [0, 0.1) is 20.5 Å². The minimum atomic E-state index is -4.94. The van der Waals surface area contributed by atoms with Gasteiger partial charge in [0, 0.05) is 24.8 Å². The van der Waals surface area contributed by atoms with Crippen LogP contribution in [0.2, 0.25) is 0 Å². The molecule has 6 aromatic rings. The van der Waals surface area contributed by atoms with E-state index in [4.69, 9.17) is 57.7 Å². The van der Waals surface area contributed by atoms with E-state index < -0.39 is 20.5 Å². The largest absolute Gasteiger partial charge is 2.00 e. The second kappa shape index (κ2) is 20.0. The Bertz CT molecular complexity index is 1650. The van der Waals surface area contributed by atoms with E-state index in [1.165, 1.54) is 0 Å². The van der Waals surface area contributed by atoms with E-state index in [-0.39, 0.29) is 43.5 Å². The Morgan fingerprint density at radius 1 is 0.412 bits per heavy atom. The van der Waals surface area contributed by atoms with Crippen molar-refractivity contribution in [1.29, 1.82) is 0 Å². The van der Waals surface area contributed by atoms with Gasteiger partial charge in [-0.3, -0.25) is 0 Å². The number of halogens is 2. The molecule has 0 atom stereocenters. The number of hydrogen-bond donors (Lipinski definition) is 4. The zero-order valence-electron chi connectivity index (χ0n) is 25.5. The standard InChI is InChI=1S/2C13H13N5O2.2ClHO4.Fe/c2*19-8-10-4-6-17(15-10)12-2-1-3-13(14-12)18-7-5-11(9-20)16-18;2*2-1(3,4)5;/h2*1-7,19-20H,8-9H2;2*(H,2,3,4,5);/q;;;;+2/p-2. The van der Waals surface area contributed by atoms with Gasteiger partial charge in [0.25, 0.3) is 0 Å². The average Bonchev–Trinajstić information content (AvgIpc) is 3.90. The molecule has 6 aromatic heterocycles. The number of aromatic nitrogens is 10. The van der Waals surface area contributed by atoms with Gasteiger partial charge >= 0.3 is 17.1 Å². The predicted molar refractivity (Wildman–Crippen MR) is 141 cm³/mol. The molecule has 0 saturated heterocycles. The van der Waals surface area contributed by atoms with Gasteiger partial charge in [0.2, 0.25) is 0 Å². The fourth-order valence-corrected chi connectivity index (χ4v) is 3.63. The van der Waals surface area contributed by atoms with Crippen molar-refractivity contribution in [2.24, 2.45) is 0 Å². The molecule has 0 aliphatic carbocycles. The Morgan fingerprint density at radius 2 is 0.608 bits per heavy atom. The molecule has 0 amide bonds. The molecule has 0 spiro atoms. The first-order valence-corrected chi connectivity index (χ1v) is 15.9. The van der Waals surface area contributed by atoms with Crippen LogP contribution in [0.4, 0.5) is 0 Å². The van der Waals surface area contributed by atoms with Crippen molar-refractivity contribution >= 4 is 0 Å². The number of nitrogens with zero attached hydrogens (tertiary/aromatic N) is 10. The molecule has 0 unspecified atom stereocenters. The third-order valence-corrected chi connectivity index (χ3v) is 5.60. The molecule has 0 fully saturated rings. The zero-order valence-corrected chi connectivity index (χ0v) is 28.2. The number of hydrogen-bond acceptors (Lipinski definition) is 18. The van der Waals surface area contributed by atoms with Gasteiger partial charge in [-0.1, -0.05) is 12.1 Å². The summed E-state index contributed by atoms with van der Waals surface area (Å²) >= 11 is 0. The molecule has 4 N–H and O–H groups in total. The van der Waals surface area contributed by atoms with Gasteiger partial charge in [-0.05, 0) is 48.5 Å². The van der Waals surface area contributed by atoms with E-state index >= 15 is 0 Å². The molecule has 0 aliphatic heterocycles. The van der Waals surface area contributed by atoms with Crippen molar-refractivity contribution in [3.8, 4) is 23.3 Å². The number of rotatable bonds is 8. The van der Waals surface area contributed by atoms with Crippen LogP contribution < -0.4 is 37.3 Å². The van der Waals surface area contributed by atoms with Crippen molar-refractivity contribution < 1.29 is 95.3 Å². The Labute approximate surface area is 301 Å². The third-order valence-electron chi connectivity index (χ3n) is 5.60. The molecule has 25 heteroatoms. The van der Waals surface area contributed by atoms with E-state index in [9.17, 15) is 0 Å². The molecule has 0 radical (unpaired) electrons. The van der Waals surface area contributed by atoms with Gasteiger partial charge < -0.3 is 20.4 Å². The topological polar surface area (TPSA) is 362 Å². The Kier molecular flexibility index (Phi) is 16.8. The summed E-state index contributed by atoms with van der Waals surface area (Å²) < 4.78 is 74.3. The molecular formula is C26H26Cl2FeN10O12. The second-order valence-electron chi connectivity index (χ2n) is 9.10. The maximum atomic E-state index is 9.03. The number of aliphatic hydroxyl groups excluding tert-OH is 4.